The summed E-state index contributed by atoms with van der Waals surface area (Å²) in [5.74, 6) is 0.164. The van der Waals surface area contributed by atoms with Gasteiger partial charge in [-0.05, 0) is 19.1 Å². The van der Waals surface area contributed by atoms with Gasteiger partial charge in [0, 0.05) is 11.6 Å². The van der Waals surface area contributed by atoms with Crippen molar-refractivity contribution in [2.45, 2.75) is 6.92 Å². The maximum Gasteiger partial charge on any atom is 0.179 e. The quantitative estimate of drug-likeness (QED) is 0.727. The van der Waals surface area contributed by atoms with Crippen LogP contribution < -0.4 is 9.47 Å². The van der Waals surface area contributed by atoms with Gasteiger partial charge in [0.2, 0.25) is 0 Å². The van der Waals surface area contributed by atoms with Crippen molar-refractivity contribution < 1.29 is 14.3 Å². The third-order valence-electron chi connectivity index (χ3n) is 2.22. The minimum absolute atomic E-state index is 0.236. The molecule has 1 atom stereocenters. The lowest BCUT2D eigenvalue weighted by Gasteiger charge is -2.08. The first-order valence-electron chi connectivity index (χ1n) is 4.79. The van der Waals surface area contributed by atoms with Crippen molar-refractivity contribution in [1.82, 2.24) is 0 Å². The van der Waals surface area contributed by atoms with Crippen LogP contribution in [0.15, 0.2) is 18.2 Å². The number of nitriles is 1. The summed E-state index contributed by atoms with van der Waals surface area (Å²) in [5.41, 5.74) is 0.422. The molecule has 0 saturated carbocycles. The molecule has 1 aromatic rings. The van der Waals surface area contributed by atoms with Crippen LogP contribution in [-0.2, 0) is 0 Å². The number of ether oxygens (including phenoxy) is 2. The third kappa shape index (κ3) is 2.51. The summed E-state index contributed by atoms with van der Waals surface area (Å²) >= 11 is 0. The minimum atomic E-state index is -0.670. The predicted octanol–water partition coefficient (Wildman–Crippen LogP) is 2.05. The molecule has 0 aliphatic carbocycles. The largest absolute Gasteiger partial charge is 0.497 e. The van der Waals surface area contributed by atoms with Gasteiger partial charge in [-0.1, -0.05) is 0 Å². The average Bonchev–Trinajstić information content (AvgIpc) is 2.35. The van der Waals surface area contributed by atoms with E-state index in [-0.39, 0.29) is 5.78 Å². The third-order valence-corrected chi connectivity index (χ3v) is 2.22. The summed E-state index contributed by atoms with van der Waals surface area (Å²) in [6.07, 6.45) is 0. The summed E-state index contributed by atoms with van der Waals surface area (Å²) in [4.78, 5) is 11.8. The molecule has 84 valence electrons. The van der Waals surface area contributed by atoms with Crippen LogP contribution in [0.5, 0.6) is 11.5 Å². The first-order chi connectivity index (χ1) is 7.62. The molecule has 4 heteroatoms. The summed E-state index contributed by atoms with van der Waals surface area (Å²) in [6, 6.07) is 6.77. The van der Waals surface area contributed by atoms with Gasteiger partial charge in [0.1, 0.15) is 17.4 Å². The van der Waals surface area contributed by atoms with Gasteiger partial charge in [-0.15, -0.1) is 0 Å². The number of rotatable bonds is 4. The molecule has 16 heavy (non-hydrogen) atoms. The van der Waals surface area contributed by atoms with E-state index in [0.717, 1.165) is 0 Å². The number of methoxy groups -OCH3 is 2. The molecular formula is C12H13NO3. The molecule has 1 aromatic carbocycles. The summed E-state index contributed by atoms with van der Waals surface area (Å²) < 4.78 is 10.1. The zero-order valence-electron chi connectivity index (χ0n) is 9.48. The van der Waals surface area contributed by atoms with Crippen molar-refractivity contribution in [2.75, 3.05) is 14.2 Å². The first kappa shape index (κ1) is 12.1. The second-order valence-corrected chi connectivity index (χ2v) is 3.32. The summed E-state index contributed by atoms with van der Waals surface area (Å²) in [6.45, 7) is 1.56. The van der Waals surface area contributed by atoms with Crippen LogP contribution in [0, 0.1) is 17.2 Å². The number of ketones is 1. The molecule has 0 spiro atoms. The highest BCUT2D eigenvalue weighted by atomic mass is 16.5. The van der Waals surface area contributed by atoms with E-state index >= 15 is 0 Å². The number of carbonyl (C=O) groups excluding carboxylic acids is 1. The smallest absolute Gasteiger partial charge is 0.179 e. The van der Waals surface area contributed by atoms with Crippen LogP contribution in [0.3, 0.4) is 0 Å². The lowest BCUT2D eigenvalue weighted by Crippen LogP contribution is -2.09. The molecule has 0 aliphatic rings. The van der Waals surface area contributed by atoms with Gasteiger partial charge in [0.25, 0.3) is 0 Å². The van der Waals surface area contributed by atoms with Crippen molar-refractivity contribution in [2.24, 2.45) is 5.92 Å². The van der Waals surface area contributed by atoms with Crippen LogP contribution in [-0.4, -0.2) is 20.0 Å². The molecule has 0 amide bonds. The van der Waals surface area contributed by atoms with E-state index in [4.69, 9.17) is 14.7 Å². The van der Waals surface area contributed by atoms with Crippen molar-refractivity contribution in [1.29, 1.82) is 5.26 Å². The van der Waals surface area contributed by atoms with Gasteiger partial charge in [-0.2, -0.15) is 5.26 Å². The molecular weight excluding hydrogens is 206 g/mol. The molecule has 0 bridgehead atoms. The van der Waals surface area contributed by atoms with Crippen LogP contribution in [0.2, 0.25) is 0 Å². The Bertz CT molecular complexity index is 412. The molecule has 0 aromatic heterocycles. The van der Waals surface area contributed by atoms with Crippen LogP contribution in [0.1, 0.15) is 17.3 Å². The first-order valence-corrected chi connectivity index (χ1v) is 4.79. The Hall–Kier alpha value is -2.02. The Morgan fingerprint density at radius 1 is 1.25 bits per heavy atom. The average molecular weight is 219 g/mol. The molecule has 0 saturated heterocycles. The van der Waals surface area contributed by atoms with E-state index in [1.54, 1.807) is 25.1 Å². The predicted molar refractivity (Wildman–Crippen MR) is 58.7 cm³/mol. The number of hydrogen-bond donors (Lipinski definition) is 0. The van der Waals surface area contributed by atoms with E-state index in [2.05, 4.69) is 0 Å². The van der Waals surface area contributed by atoms with Crippen molar-refractivity contribution >= 4 is 5.78 Å². The van der Waals surface area contributed by atoms with E-state index in [1.807, 2.05) is 6.07 Å². The van der Waals surface area contributed by atoms with Crippen molar-refractivity contribution in [3.63, 3.8) is 0 Å². The van der Waals surface area contributed by atoms with E-state index in [9.17, 15) is 4.79 Å². The number of benzene rings is 1. The second-order valence-electron chi connectivity index (χ2n) is 3.32. The van der Waals surface area contributed by atoms with Crippen molar-refractivity contribution in [3.05, 3.63) is 23.8 Å². The number of carbonyl (C=O) groups is 1. The molecule has 1 unspecified atom stereocenters. The number of Topliss-reactive ketones (excluding diaryl/α,β-unsaturated/α-hetero) is 1. The maximum atomic E-state index is 11.8. The number of nitrogens with zero attached hydrogens (tertiary/aromatic N) is 1. The molecule has 0 fully saturated rings. The summed E-state index contributed by atoms with van der Waals surface area (Å²) in [7, 11) is 3.02. The Labute approximate surface area is 94.4 Å². The fraction of sp³-hybridized carbons (Fsp3) is 0.333. The van der Waals surface area contributed by atoms with Gasteiger partial charge in [0.15, 0.2) is 5.78 Å². The molecule has 0 aliphatic heterocycles. The van der Waals surface area contributed by atoms with Crippen LogP contribution in [0.4, 0.5) is 0 Å². The SMILES string of the molecule is COc1cc(OC)cc(C(=O)C(C)C#N)c1. The van der Waals surface area contributed by atoms with Gasteiger partial charge in [-0.3, -0.25) is 4.79 Å². The Morgan fingerprint density at radius 3 is 2.12 bits per heavy atom. The number of hydrogen-bond acceptors (Lipinski definition) is 4. The molecule has 4 nitrogen and oxygen atoms in total. The molecule has 0 radical (unpaired) electrons. The fourth-order valence-electron chi connectivity index (χ4n) is 1.26. The minimum Gasteiger partial charge on any atom is -0.497 e. The zero-order chi connectivity index (χ0) is 12.1. The fourth-order valence-corrected chi connectivity index (χ4v) is 1.26. The van der Waals surface area contributed by atoms with Gasteiger partial charge in [-0.25, -0.2) is 0 Å². The lowest BCUT2D eigenvalue weighted by atomic mass is 10.0. The Morgan fingerprint density at radius 2 is 1.75 bits per heavy atom. The van der Waals surface area contributed by atoms with E-state index in [1.165, 1.54) is 14.2 Å². The maximum absolute atomic E-state index is 11.8. The normalized spacial score (nSPS) is 11.4. The monoisotopic (exact) mass is 219 g/mol. The summed E-state index contributed by atoms with van der Waals surface area (Å²) in [5, 5.41) is 8.69. The topological polar surface area (TPSA) is 59.3 Å². The highest BCUT2D eigenvalue weighted by Crippen LogP contribution is 2.24. The van der Waals surface area contributed by atoms with Crippen LogP contribution in [0.25, 0.3) is 0 Å². The molecule has 0 N–H and O–H groups in total. The Balaban J connectivity index is 3.14. The van der Waals surface area contributed by atoms with E-state index in [0.29, 0.717) is 17.1 Å². The second kappa shape index (κ2) is 5.17. The standard InChI is InChI=1S/C12H13NO3/c1-8(7-13)12(14)9-4-10(15-2)6-11(5-9)16-3/h4-6,8H,1-3H3. The van der Waals surface area contributed by atoms with Gasteiger partial charge >= 0.3 is 0 Å². The van der Waals surface area contributed by atoms with Crippen LogP contribution >= 0.6 is 0 Å². The highest BCUT2D eigenvalue weighted by molar-refractivity contribution is 5.99. The van der Waals surface area contributed by atoms with Gasteiger partial charge < -0.3 is 9.47 Å². The van der Waals surface area contributed by atoms with E-state index < -0.39 is 5.92 Å². The molecule has 1 rings (SSSR count). The van der Waals surface area contributed by atoms with Crippen molar-refractivity contribution in [3.8, 4) is 17.6 Å². The highest BCUT2D eigenvalue weighted by Gasteiger charge is 2.16. The molecule has 0 heterocycles. The Kier molecular flexibility index (Phi) is 3.90. The van der Waals surface area contributed by atoms with Gasteiger partial charge in [0.05, 0.1) is 20.3 Å². The lowest BCUT2D eigenvalue weighted by molar-refractivity contribution is 0.0956. The zero-order valence-corrected chi connectivity index (χ0v) is 9.48.